The van der Waals surface area contributed by atoms with Gasteiger partial charge >= 0.3 is 6.18 Å². The standard InChI is InChI=1S/C21H16F3N3O2/c1-2-20(28)27-18-9-4-3-8-17(18)26-19-13-16(10-11-25-19)29-15-7-5-6-14(12-15)21(22,23)24/h2-13H,1H2,(H,25,26)(H,27,28). The number of alkyl halides is 3. The molecule has 0 unspecified atom stereocenters. The van der Waals surface area contributed by atoms with Crippen LogP contribution >= 0.6 is 0 Å². The zero-order chi connectivity index (χ0) is 20.9. The van der Waals surface area contributed by atoms with Gasteiger partial charge < -0.3 is 15.4 Å². The summed E-state index contributed by atoms with van der Waals surface area (Å²) < 4.78 is 44.1. The van der Waals surface area contributed by atoms with E-state index in [2.05, 4.69) is 22.2 Å². The SMILES string of the molecule is C=CC(=O)Nc1ccccc1Nc1cc(Oc2cccc(C(F)(F)F)c2)ccn1. The monoisotopic (exact) mass is 399 g/mol. The number of carbonyl (C=O) groups excluding carboxylic acids is 1. The topological polar surface area (TPSA) is 63.2 Å². The number of anilines is 3. The fourth-order valence-electron chi connectivity index (χ4n) is 2.44. The molecular formula is C21H16F3N3O2. The summed E-state index contributed by atoms with van der Waals surface area (Å²) in [4.78, 5) is 15.7. The van der Waals surface area contributed by atoms with Crippen LogP contribution in [-0.4, -0.2) is 10.9 Å². The van der Waals surface area contributed by atoms with Gasteiger partial charge in [-0.15, -0.1) is 0 Å². The highest BCUT2D eigenvalue weighted by molar-refractivity contribution is 6.01. The first-order valence-electron chi connectivity index (χ1n) is 8.46. The molecule has 5 nitrogen and oxygen atoms in total. The van der Waals surface area contributed by atoms with Crippen molar-refractivity contribution in [3.63, 3.8) is 0 Å². The molecular weight excluding hydrogens is 383 g/mol. The number of rotatable bonds is 6. The first kappa shape index (κ1) is 19.9. The number of halogens is 3. The van der Waals surface area contributed by atoms with Gasteiger partial charge in [-0.25, -0.2) is 4.98 Å². The molecule has 3 rings (SSSR count). The molecule has 1 amide bonds. The molecule has 1 aromatic heterocycles. The van der Waals surface area contributed by atoms with Crippen molar-refractivity contribution in [2.24, 2.45) is 0 Å². The average Bonchev–Trinajstić information content (AvgIpc) is 2.69. The van der Waals surface area contributed by atoms with Crippen molar-refractivity contribution in [2.75, 3.05) is 10.6 Å². The van der Waals surface area contributed by atoms with E-state index in [1.54, 1.807) is 24.3 Å². The summed E-state index contributed by atoms with van der Waals surface area (Å²) >= 11 is 0. The number of nitrogens with one attached hydrogen (secondary N) is 2. The molecule has 148 valence electrons. The Morgan fingerprint density at radius 1 is 1.00 bits per heavy atom. The molecule has 29 heavy (non-hydrogen) atoms. The minimum Gasteiger partial charge on any atom is -0.457 e. The Morgan fingerprint density at radius 2 is 1.72 bits per heavy atom. The van der Waals surface area contributed by atoms with Gasteiger partial charge in [0.1, 0.15) is 17.3 Å². The minimum atomic E-state index is -4.45. The number of nitrogens with zero attached hydrogens (tertiary/aromatic N) is 1. The van der Waals surface area contributed by atoms with Gasteiger partial charge in [-0.3, -0.25) is 4.79 Å². The maximum absolute atomic E-state index is 12.9. The van der Waals surface area contributed by atoms with Gasteiger partial charge in [0.05, 0.1) is 16.9 Å². The Labute approximate surface area is 164 Å². The Kier molecular flexibility index (Phi) is 5.82. The number of amides is 1. The number of benzene rings is 2. The van der Waals surface area contributed by atoms with E-state index < -0.39 is 11.7 Å². The highest BCUT2D eigenvalue weighted by Crippen LogP contribution is 2.33. The summed E-state index contributed by atoms with van der Waals surface area (Å²) in [6.07, 6.45) is -1.85. The third-order valence-electron chi connectivity index (χ3n) is 3.76. The van der Waals surface area contributed by atoms with Crippen molar-refractivity contribution in [3.05, 3.63) is 85.1 Å². The van der Waals surface area contributed by atoms with Gasteiger partial charge in [-0.05, 0) is 42.5 Å². The highest BCUT2D eigenvalue weighted by atomic mass is 19.4. The molecule has 0 atom stereocenters. The van der Waals surface area contributed by atoms with Crippen LogP contribution < -0.4 is 15.4 Å². The van der Waals surface area contributed by atoms with Crippen LogP contribution in [0, 0.1) is 0 Å². The molecule has 0 spiro atoms. The molecule has 1 heterocycles. The lowest BCUT2D eigenvalue weighted by atomic mass is 10.2. The number of hydrogen-bond donors (Lipinski definition) is 2. The molecule has 0 radical (unpaired) electrons. The van der Waals surface area contributed by atoms with Crippen LogP contribution in [0.3, 0.4) is 0 Å². The Bertz CT molecular complexity index is 1040. The summed E-state index contributed by atoms with van der Waals surface area (Å²) in [6.45, 7) is 3.41. The number of pyridine rings is 1. The Hall–Kier alpha value is -3.81. The average molecular weight is 399 g/mol. The van der Waals surface area contributed by atoms with E-state index in [-0.39, 0.29) is 11.7 Å². The first-order valence-corrected chi connectivity index (χ1v) is 8.46. The molecule has 0 aliphatic rings. The van der Waals surface area contributed by atoms with Crippen LogP contribution in [0.1, 0.15) is 5.56 Å². The zero-order valence-electron chi connectivity index (χ0n) is 15.0. The smallest absolute Gasteiger partial charge is 0.416 e. The quantitative estimate of drug-likeness (QED) is 0.517. The molecule has 0 saturated heterocycles. The number of ether oxygens (including phenoxy) is 1. The van der Waals surface area contributed by atoms with E-state index >= 15 is 0 Å². The normalized spacial score (nSPS) is 10.9. The van der Waals surface area contributed by atoms with E-state index in [1.807, 2.05) is 0 Å². The van der Waals surface area contributed by atoms with E-state index in [0.29, 0.717) is 22.9 Å². The van der Waals surface area contributed by atoms with E-state index in [9.17, 15) is 18.0 Å². The second-order valence-corrected chi connectivity index (χ2v) is 5.87. The van der Waals surface area contributed by atoms with E-state index in [0.717, 1.165) is 18.2 Å². The van der Waals surface area contributed by atoms with Gasteiger partial charge in [0.2, 0.25) is 5.91 Å². The van der Waals surface area contributed by atoms with Crippen molar-refractivity contribution in [1.29, 1.82) is 0 Å². The van der Waals surface area contributed by atoms with Crippen LogP contribution in [0.25, 0.3) is 0 Å². The van der Waals surface area contributed by atoms with Gasteiger partial charge in [0.25, 0.3) is 0 Å². The van der Waals surface area contributed by atoms with E-state index in [1.165, 1.54) is 30.5 Å². The van der Waals surface area contributed by atoms with E-state index in [4.69, 9.17) is 4.74 Å². The van der Waals surface area contributed by atoms with Crippen molar-refractivity contribution in [3.8, 4) is 11.5 Å². The second-order valence-electron chi connectivity index (χ2n) is 5.87. The summed E-state index contributed by atoms with van der Waals surface area (Å²) in [5.74, 6) is 0.369. The fraction of sp³-hybridized carbons (Fsp3) is 0.0476. The predicted molar refractivity (Wildman–Crippen MR) is 104 cm³/mol. The van der Waals surface area contributed by atoms with Crippen LogP contribution in [-0.2, 0) is 11.0 Å². The third-order valence-corrected chi connectivity index (χ3v) is 3.76. The van der Waals surface area contributed by atoms with Gasteiger partial charge in [0, 0.05) is 12.3 Å². The summed E-state index contributed by atoms with van der Waals surface area (Å²) in [6, 6.07) is 14.6. The molecule has 3 aromatic rings. The Balaban J connectivity index is 1.79. The highest BCUT2D eigenvalue weighted by Gasteiger charge is 2.30. The number of carbonyl (C=O) groups is 1. The molecule has 0 aliphatic heterocycles. The Morgan fingerprint density at radius 3 is 2.45 bits per heavy atom. The first-order chi connectivity index (χ1) is 13.8. The molecule has 0 bridgehead atoms. The van der Waals surface area contributed by atoms with Crippen molar-refractivity contribution < 1.29 is 22.7 Å². The van der Waals surface area contributed by atoms with Crippen LogP contribution in [0.5, 0.6) is 11.5 Å². The second kappa shape index (κ2) is 8.47. The molecule has 2 aromatic carbocycles. The van der Waals surface area contributed by atoms with Crippen molar-refractivity contribution >= 4 is 23.1 Å². The zero-order valence-corrected chi connectivity index (χ0v) is 15.0. The van der Waals surface area contributed by atoms with Crippen LogP contribution in [0.15, 0.2) is 79.5 Å². The van der Waals surface area contributed by atoms with Gasteiger partial charge in [-0.2, -0.15) is 13.2 Å². The van der Waals surface area contributed by atoms with Crippen molar-refractivity contribution in [1.82, 2.24) is 4.98 Å². The summed E-state index contributed by atoms with van der Waals surface area (Å²) in [7, 11) is 0. The molecule has 8 heteroatoms. The summed E-state index contributed by atoms with van der Waals surface area (Å²) in [5.41, 5.74) is 0.295. The molecule has 0 saturated carbocycles. The largest absolute Gasteiger partial charge is 0.457 e. The van der Waals surface area contributed by atoms with Crippen LogP contribution in [0.2, 0.25) is 0 Å². The third kappa shape index (κ3) is 5.35. The lowest BCUT2D eigenvalue weighted by Crippen LogP contribution is -2.09. The lowest BCUT2D eigenvalue weighted by molar-refractivity contribution is -0.137. The molecule has 0 fully saturated rings. The summed E-state index contributed by atoms with van der Waals surface area (Å²) in [5, 5.41) is 5.71. The maximum Gasteiger partial charge on any atom is 0.416 e. The lowest BCUT2D eigenvalue weighted by Gasteiger charge is -2.13. The minimum absolute atomic E-state index is 0.0515. The number of para-hydroxylation sites is 2. The fourth-order valence-corrected chi connectivity index (χ4v) is 2.44. The van der Waals surface area contributed by atoms with Gasteiger partial charge in [0.15, 0.2) is 0 Å². The molecule has 2 N–H and O–H groups in total. The number of aromatic nitrogens is 1. The predicted octanol–water partition coefficient (Wildman–Crippen LogP) is 5.76. The van der Waals surface area contributed by atoms with Crippen LogP contribution in [0.4, 0.5) is 30.4 Å². The maximum atomic E-state index is 12.9. The van der Waals surface area contributed by atoms with Gasteiger partial charge in [-0.1, -0.05) is 24.8 Å². The molecule has 0 aliphatic carbocycles. The number of hydrogen-bond acceptors (Lipinski definition) is 4. The van der Waals surface area contributed by atoms with Crippen molar-refractivity contribution in [2.45, 2.75) is 6.18 Å².